The van der Waals surface area contributed by atoms with Crippen LogP contribution in [0.3, 0.4) is 0 Å². The van der Waals surface area contributed by atoms with Gasteiger partial charge in [0.15, 0.2) is 0 Å². The second-order valence-electron chi connectivity index (χ2n) is 4.99. The molecule has 1 aromatic rings. The summed E-state index contributed by atoms with van der Waals surface area (Å²) in [6.07, 6.45) is 0.924. The lowest BCUT2D eigenvalue weighted by Crippen LogP contribution is -2.41. The van der Waals surface area contributed by atoms with Crippen molar-refractivity contribution in [3.8, 4) is 0 Å². The molecule has 2 rings (SSSR count). The number of nitro groups is 1. The van der Waals surface area contributed by atoms with Crippen LogP contribution in [0.2, 0.25) is 0 Å². The zero-order valence-electron chi connectivity index (χ0n) is 11.8. The zero-order valence-corrected chi connectivity index (χ0v) is 11.8. The summed E-state index contributed by atoms with van der Waals surface area (Å²) in [5.41, 5.74) is 1.15. The van der Waals surface area contributed by atoms with Crippen LogP contribution in [0, 0.1) is 17.0 Å². The molecule has 0 bridgehead atoms. The molecule has 1 atom stereocenters. The van der Waals surface area contributed by atoms with Crippen molar-refractivity contribution in [3.05, 3.63) is 39.4 Å². The third-order valence-corrected chi connectivity index (χ3v) is 3.74. The number of benzene rings is 1. The number of amides is 1. The van der Waals surface area contributed by atoms with Crippen molar-refractivity contribution in [1.29, 1.82) is 0 Å². The topological polar surface area (TPSA) is 75.5 Å². The maximum absolute atomic E-state index is 12.6. The van der Waals surface area contributed by atoms with Gasteiger partial charge in [0, 0.05) is 36.8 Å². The highest BCUT2D eigenvalue weighted by atomic mass is 16.6. The molecule has 20 heavy (non-hydrogen) atoms. The van der Waals surface area contributed by atoms with Crippen LogP contribution in [0.5, 0.6) is 0 Å². The highest BCUT2D eigenvalue weighted by molar-refractivity contribution is 5.96. The van der Waals surface area contributed by atoms with Crippen molar-refractivity contribution in [2.24, 2.45) is 0 Å². The van der Waals surface area contributed by atoms with E-state index in [0.717, 1.165) is 25.1 Å². The molecule has 0 aromatic heterocycles. The number of aryl methyl sites for hydroxylation is 1. The average Bonchev–Trinajstić information content (AvgIpc) is 2.93. The summed E-state index contributed by atoms with van der Waals surface area (Å²) in [4.78, 5) is 24.8. The molecular formula is C14H19N3O3. The molecule has 1 amide bonds. The number of hydrogen-bond donors (Lipinski definition) is 1. The first-order chi connectivity index (χ1) is 9.54. The van der Waals surface area contributed by atoms with Crippen LogP contribution in [0.1, 0.15) is 29.3 Å². The Kier molecular flexibility index (Phi) is 4.34. The molecule has 0 spiro atoms. The minimum absolute atomic E-state index is 0.0421. The molecule has 1 aliphatic rings. The summed E-state index contributed by atoms with van der Waals surface area (Å²) in [6, 6.07) is 4.61. The van der Waals surface area contributed by atoms with Crippen LogP contribution < -0.4 is 5.32 Å². The van der Waals surface area contributed by atoms with Crippen LogP contribution in [0.15, 0.2) is 18.2 Å². The fourth-order valence-electron chi connectivity index (χ4n) is 2.58. The van der Waals surface area contributed by atoms with Gasteiger partial charge in [0.05, 0.1) is 4.92 Å². The maximum atomic E-state index is 12.6. The molecule has 108 valence electrons. The molecule has 1 heterocycles. The van der Waals surface area contributed by atoms with Crippen molar-refractivity contribution in [2.45, 2.75) is 26.3 Å². The number of hydrogen-bond acceptors (Lipinski definition) is 4. The third-order valence-electron chi connectivity index (χ3n) is 3.74. The Balaban J connectivity index is 2.30. The fourth-order valence-corrected chi connectivity index (χ4v) is 2.58. The van der Waals surface area contributed by atoms with E-state index in [1.54, 1.807) is 17.9 Å². The minimum Gasteiger partial charge on any atom is -0.335 e. The Morgan fingerprint density at radius 1 is 1.55 bits per heavy atom. The molecule has 0 radical (unpaired) electrons. The van der Waals surface area contributed by atoms with E-state index in [1.165, 1.54) is 12.1 Å². The van der Waals surface area contributed by atoms with Gasteiger partial charge >= 0.3 is 0 Å². The Morgan fingerprint density at radius 3 is 2.85 bits per heavy atom. The highest BCUT2D eigenvalue weighted by Gasteiger charge is 2.27. The van der Waals surface area contributed by atoms with E-state index in [9.17, 15) is 14.9 Å². The number of rotatable bonds is 4. The van der Waals surface area contributed by atoms with E-state index >= 15 is 0 Å². The predicted octanol–water partition coefficient (Wildman–Crippen LogP) is 1.73. The van der Waals surface area contributed by atoms with E-state index < -0.39 is 4.92 Å². The lowest BCUT2D eigenvalue weighted by molar-refractivity contribution is -0.384. The Bertz CT molecular complexity index is 524. The summed E-state index contributed by atoms with van der Waals surface area (Å²) in [5.74, 6) is -0.123. The second-order valence-corrected chi connectivity index (χ2v) is 4.99. The molecule has 1 N–H and O–H groups in total. The van der Waals surface area contributed by atoms with Crippen LogP contribution in [0.4, 0.5) is 5.69 Å². The smallest absolute Gasteiger partial charge is 0.270 e. The van der Waals surface area contributed by atoms with Gasteiger partial charge in [-0.1, -0.05) is 6.07 Å². The molecular weight excluding hydrogens is 258 g/mol. The molecule has 1 aromatic carbocycles. The number of carbonyl (C=O) groups excluding carboxylic acids is 1. The van der Waals surface area contributed by atoms with Crippen LogP contribution in [-0.2, 0) is 0 Å². The van der Waals surface area contributed by atoms with E-state index in [0.29, 0.717) is 12.1 Å². The summed E-state index contributed by atoms with van der Waals surface area (Å²) < 4.78 is 0. The monoisotopic (exact) mass is 277 g/mol. The van der Waals surface area contributed by atoms with Gasteiger partial charge in [-0.25, -0.2) is 0 Å². The SMILES string of the molecule is CCN(C(=O)c1cc([N+](=O)[O-])ccc1C)C1CCNC1. The molecule has 1 fully saturated rings. The van der Waals surface area contributed by atoms with Crippen molar-refractivity contribution >= 4 is 11.6 Å². The zero-order chi connectivity index (χ0) is 14.7. The number of nitrogens with one attached hydrogen (secondary N) is 1. The van der Waals surface area contributed by atoms with Gasteiger partial charge in [-0.15, -0.1) is 0 Å². The maximum Gasteiger partial charge on any atom is 0.270 e. The first-order valence-electron chi connectivity index (χ1n) is 6.81. The second kappa shape index (κ2) is 6.00. The van der Waals surface area contributed by atoms with Crippen molar-refractivity contribution in [1.82, 2.24) is 10.2 Å². The van der Waals surface area contributed by atoms with E-state index in [4.69, 9.17) is 0 Å². The average molecular weight is 277 g/mol. The molecule has 1 aliphatic heterocycles. The van der Waals surface area contributed by atoms with E-state index in [1.807, 2.05) is 6.92 Å². The summed E-state index contributed by atoms with van der Waals surface area (Å²) in [7, 11) is 0. The first-order valence-corrected chi connectivity index (χ1v) is 6.81. The Hall–Kier alpha value is -1.95. The number of non-ortho nitro benzene ring substituents is 1. The predicted molar refractivity (Wildman–Crippen MR) is 75.8 cm³/mol. The highest BCUT2D eigenvalue weighted by Crippen LogP contribution is 2.21. The Morgan fingerprint density at radius 2 is 2.30 bits per heavy atom. The van der Waals surface area contributed by atoms with Crippen molar-refractivity contribution in [2.75, 3.05) is 19.6 Å². The standard InChI is InChI=1S/C14H19N3O3/c1-3-16(12-6-7-15-9-12)14(18)13-8-11(17(19)20)5-4-10(13)2/h4-5,8,12,15H,3,6-7,9H2,1-2H3. The normalized spacial score (nSPS) is 18.0. The van der Waals surface area contributed by atoms with Crippen LogP contribution >= 0.6 is 0 Å². The van der Waals surface area contributed by atoms with Gasteiger partial charge in [-0.3, -0.25) is 14.9 Å². The van der Waals surface area contributed by atoms with Gasteiger partial charge in [-0.2, -0.15) is 0 Å². The van der Waals surface area contributed by atoms with E-state index in [-0.39, 0.29) is 17.6 Å². The molecule has 0 saturated carbocycles. The van der Waals surface area contributed by atoms with Crippen LogP contribution in [-0.4, -0.2) is 41.4 Å². The molecule has 6 heteroatoms. The van der Waals surface area contributed by atoms with Crippen LogP contribution in [0.25, 0.3) is 0 Å². The number of carbonyl (C=O) groups is 1. The molecule has 1 unspecified atom stereocenters. The third kappa shape index (κ3) is 2.80. The molecule has 1 saturated heterocycles. The number of likely N-dealkylation sites (N-methyl/N-ethyl adjacent to an activating group) is 1. The first kappa shape index (κ1) is 14.5. The van der Waals surface area contributed by atoms with Gasteiger partial charge in [-0.05, 0) is 32.4 Å². The van der Waals surface area contributed by atoms with E-state index in [2.05, 4.69) is 5.32 Å². The van der Waals surface area contributed by atoms with Gasteiger partial charge < -0.3 is 10.2 Å². The van der Waals surface area contributed by atoms with Gasteiger partial charge in [0.1, 0.15) is 0 Å². The Labute approximate surface area is 117 Å². The molecule has 0 aliphatic carbocycles. The lowest BCUT2D eigenvalue weighted by Gasteiger charge is -2.27. The quantitative estimate of drug-likeness (QED) is 0.671. The fraction of sp³-hybridized carbons (Fsp3) is 0.500. The minimum atomic E-state index is -0.469. The lowest BCUT2D eigenvalue weighted by atomic mass is 10.1. The summed E-state index contributed by atoms with van der Waals surface area (Å²) >= 11 is 0. The largest absolute Gasteiger partial charge is 0.335 e. The summed E-state index contributed by atoms with van der Waals surface area (Å²) in [5, 5.41) is 14.1. The molecule has 6 nitrogen and oxygen atoms in total. The van der Waals surface area contributed by atoms with Gasteiger partial charge in [0.2, 0.25) is 0 Å². The van der Waals surface area contributed by atoms with Gasteiger partial charge in [0.25, 0.3) is 11.6 Å². The number of nitrogens with zero attached hydrogens (tertiary/aromatic N) is 2. The van der Waals surface area contributed by atoms with Crippen molar-refractivity contribution in [3.63, 3.8) is 0 Å². The summed E-state index contributed by atoms with van der Waals surface area (Å²) in [6.45, 7) is 6.03. The van der Waals surface area contributed by atoms with Crippen molar-refractivity contribution < 1.29 is 9.72 Å². The number of nitro benzene ring substituents is 1.